The number of nitrogens with one attached hydrogen (secondary N) is 1. The smallest absolute Gasteiger partial charge is 0.347 e. The Morgan fingerprint density at radius 2 is 1.79 bits per heavy atom. The average Bonchev–Trinajstić information content (AvgIpc) is 3.40. The molecule has 1 aliphatic rings. The molecule has 1 aliphatic heterocycles. The fourth-order valence-electron chi connectivity index (χ4n) is 4.07. The zero-order valence-corrected chi connectivity index (χ0v) is 19.4. The number of alkyl halides is 3. The first kappa shape index (κ1) is 24.2. The molecule has 7 nitrogen and oxygen atoms in total. The minimum atomic E-state index is -4.72. The van der Waals surface area contributed by atoms with Gasteiger partial charge in [-0.1, -0.05) is 48.0 Å². The monoisotopic (exact) mass is 512 g/mol. The van der Waals surface area contributed by atoms with Gasteiger partial charge in [-0.2, -0.15) is 22.6 Å². The third-order valence-electron chi connectivity index (χ3n) is 5.76. The Morgan fingerprint density at radius 3 is 2.41 bits per heavy atom. The summed E-state index contributed by atoms with van der Waals surface area (Å²) in [5.74, 6) is -1.25. The molecule has 0 radical (unpaired) electrons. The quantitative estimate of drug-likeness (QED) is 0.565. The largest absolute Gasteiger partial charge is 0.417 e. The van der Waals surface area contributed by atoms with Crippen LogP contribution in [0.25, 0.3) is 0 Å². The highest BCUT2D eigenvalue weighted by Crippen LogP contribution is 2.37. The van der Waals surface area contributed by atoms with Gasteiger partial charge in [-0.05, 0) is 23.8 Å². The van der Waals surface area contributed by atoms with E-state index in [-0.39, 0.29) is 23.7 Å². The van der Waals surface area contributed by atoms with Crippen molar-refractivity contribution >= 4 is 27.5 Å². The third-order valence-corrected chi connectivity index (χ3v) is 8.07. The molecule has 34 heavy (non-hydrogen) atoms. The second kappa shape index (κ2) is 9.05. The maximum atomic E-state index is 13.2. The van der Waals surface area contributed by atoms with Gasteiger partial charge in [-0.15, -0.1) is 0 Å². The van der Waals surface area contributed by atoms with Crippen LogP contribution in [0.15, 0.2) is 65.8 Å². The van der Waals surface area contributed by atoms with E-state index in [0.29, 0.717) is 0 Å². The maximum Gasteiger partial charge on any atom is 0.417 e. The van der Waals surface area contributed by atoms with E-state index in [4.69, 9.17) is 11.6 Å². The molecular weight excluding hydrogens is 493 g/mol. The van der Waals surface area contributed by atoms with Crippen molar-refractivity contribution in [3.63, 3.8) is 0 Å². The van der Waals surface area contributed by atoms with E-state index >= 15 is 0 Å². The number of hydrogen-bond donors (Lipinski definition) is 1. The fourth-order valence-corrected chi connectivity index (χ4v) is 5.98. The lowest BCUT2D eigenvalue weighted by Gasteiger charge is -2.21. The molecule has 0 aliphatic carbocycles. The predicted molar refractivity (Wildman–Crippen MR) is 119 cm³/mol. The molecule has 0 saturated carbocycles. The lowest BCUT2D eigenvalue weighted by Crippen LogP contribution is -2.40. The van der Waals surface area contributed by atoms with Crippen LogP contribution in [-0.2, 0) is 23.2 Å². The summed E-state index contributed by atoms with van der Waals surface area (Å²) in [6, 6.07) is 12.8. The number of aromatic nitrogens is 2. The van der Waals surface area contributed by atoms with Crippen LogP contribution >= 0.6 is 11.6 Å². The summed E-state index contributed by atoms with van der Waals surface area (Å²) < 4.78 is 68.6. The highest BCUT2D eigenvalue weighted by atomic mass is 35.5. The Balaban J connectivity index is 1.66. The van der Waals surface area contributed by atoms with Gasteiger partial charge in [0.05, 0.1) is 28.4 Å². The number of carbonyl (C=O) groups is 1. The highest BCUT2D eigenvalue weighted by Gasteiger charge is 2.42. The van der Waals surface area contributed by atoms with Crippen LogP contribution in [0.1, 0.15) is 27.4 Å². The first-order chi connectivity index (χ1) is 16.0. The number of nitrogens with zero attached hydrogens (tertiary/aromatic N) is 3. The molecule has 1 fully saturated rings. The molecular formula is C22H20ClF3N4O3S. The Morgan fingerprint density at radius 1 is 1.09 bits per heavy atom. The summed E-state index contributed by atoms with van der Waals surface area (Å²) >= 11 is 5.92. The summed E-state index contributed by atoms with van der Waals surface area (Å²) in [6.45, 7) is -0.00576. The van der Waals surface area contributed by atoms with E-state index < -0.39 is 44.7 Å². The summed E-state index contributed by atoms with van der Waals surface area (Å²) in [4.78, 5) is 13.0. The molecule has 1 amide bonds. The van der Waals surface area contributed by atoms with E-state index in [9.17, 15) is 26.4 Å². The molecule has 180 valence electrons. The Labute approximate surface area is 199 Å². The Kier molecular flexibility index (Phi) is 6.45. The van der Waals surface area contributed by atoms with Crippen LogP contribution in [-0.4, -0.2) is 47.5 Å². The molecule has 0 bridgehead atoms. The molecule has 2 heterocycles. The highest BCUT2D eigenvalue weighted by molar-refractivity contribution is 7.89. The molecule has 2 atom stereocenters. The molecule has 0 unspecified atom stereocenters. The molecule has 12 heteroatoms. The van der Waals surface area contributed by atoms with Crippen LogP contribution in [0.4, 0.5) is 13.2 Å². The number of aryl methyl sites for hydroxylation is 1. The SMILES string of the molecule is Cn1nccc1S(=O)(=O)N1C[C@H](NC(=O)c2cccc(C(F)(F)F)c2Cl)[C@@H](c2ccccc2)C1. The van der Waals surface area contributed by atoms with E-state index in [1.54, 1.807) is 30.3 Å². The second-order valence-electron chi connectivity index (χ2n) is 7.88. The number of sulfonamides is 1. The van der Waals surface area contributed by atoms with Crippen molar-refractivity contribution in [3.8, 4) is 0 Å². The summed E-state index contributed by atoms with van der Waals surface area (Å²) in [5, 5.41) is 5.90. The summed E-state index contributed by atoms with van der Waals surface area (Å²) in [7, 11) is -2.42. The third kappa shape index (κ3) is 4.55. The zero-order valence-electron chi connectivity index (χ0n) is 17.8. The maximum absolute atomic E-state index is 13.2. The van der Waals surface area contributed by atoms with Gasteiger partial charge in [0, 0.05) is 26.1 Å². The standard InChI is InChI=1S/C22H20ClF3N4O3S/c1-29-19(10-11-27-29)34(32,33)30-12-16(14-6-3-2-4-7-14)18(13-30)28-21(31)15-8-5-9-17(20(15)23)22(24,25)26/h2-11,16,18H,12-13H2,1H3,(H,28,31)/t16-,18+/m1/s1. The average molecular weight is 513 g/mol. The van der Waals surface area contributed by atoms with Crippen molar-refractivity contribution in [2.75, 3.05) is 13.1 Å². The number of halogens is 4. The van der Waals surface area contributed by atoms with Crippen LogP contribution in [0.2, 0.25) is 5.02 Å². The minimum Gasteiger partial charge on any atom is -0.347 e. The topological polar surface area (TPSA) is 84.3 Å². The lowest BCUT2D eigenvalue weighted by molar-refractivity contribution is -0.137. The van der Waals surface area contributed by atoms with Gasteiger partial charge in [-0.3, -0.25) is 9.48 Å². The molecule has 1 saturated heterocycles. The first-order valence-corrected chi connectivity index (χ1v) is 12.0. The van der Waals surface area contributed by atoms with Crippen LogP contribution in [0.3, 0.4) is 0 Å². The van der Waals surface area contributed by atoms with Gasteiger partial charge in [0.15, 0.2) is 5.03 Å². The van der Waals surface area contributed by atoms with E-state index in [0.717, 1.165) is 17.7 Å². The Hall–Kier alpha value is -2.89. The number of hydrogen-bond acceptors (Lipinski definition) is 4. The zero-order chi connectivity index (χ0) is 24.7. The first-order valence-electron chi connectivity index (χ1n) is 10.2. The van der Waals surface area contributed by atoms with Gasteiger partial charge >= 0.3 is 6.18 Å². The predicted octanol–water partition coefficient (Wildman–Crippen LogP) is 3.68. The van der Waals surface area contributed by atoms with Crippen molar-refractivity contribution in [1.82, 2.24) is 19.4 Å². The minimum absolute atomic E-state index is 0.00721. The summed E-state index contributed by atoms with van der Waals surface area (Å²) in [5.41, 5.74) is -0.671. The fraction of sp³-hybridized carbons (Fsp3) is 0.273. The van der Waals surface area contributed by atoms with Gasteiger partial charge < -0.3 is 5.32 Å². The number of amides is 1. The van der Waals surface area contributed by atoms with Gasteiger partial charge in [0.2, 0.25) is 0 Å². The number of carbonyl (C=O) groups excluding carboxylic acids is 1. The van der Waals surface area contributed by atoms with E-state index in [1.807, 2.05) is 0 Å². The van der Waals surface area contributed by atoms with Crippen LogP contribution < -0.4 is 5.32 Å². The van der Waals surface area contributed by atoms with E-state index in [1.165, 1.54) is 34.4 Å². The normalized spacial score (nSPS) is 19.3. The van der Waals surface area contributed by atoms with Crippen molar-refractivity contribution in [1.29, 1.82) is 0 Å². The van der Waals surface area contributed by atoms with Crippen molar-refractivity contribution in [3.05, 3.63) is 82.5 Å². The van der Waals surface area contributed by atoms with Crippen molar-refractivity contribution in [2.24, 2.45) is 7.05 Å². The van der Waals surface area contributed by atoms with Gasteiger partial charge in [-0.25, -0.2) is 8.42 Å². The van der Waals surface area contributed by atoms with Crippen LogP contribution in [0.5, 0.6) is 0 Å². The van der Waals surface area contributed by atoms with E-state index in [2.05, 4.69) is 10.4 Å². The Bertz CT molecular complexity index is 1310. The van der Waals surface area contributed by atoms with Gasteiger partial charge in [0.25, 0.3) is 15.9 Å². The van der Waals surface area contributed by atoms with Crippen molar-refractivity contribution in [2.45, 2.75) is 23.2 Å². The molecule has 0 spiro atoms. The molecule has 1 N–H and O–H groups in total. The second-order valence-corrected chi connectivity index (χ2v) is 10.1. The van der Waals surface area contributed by atoms with Crippen LogP contribution in [0, 0.1) is 0 Å². The number of rotatable bonds is 5. The molecule has 2 aromatic carbocycles. The van der Waals surface area contributed by atoms with Crippen molar-refractivity contribution < 1.29 is 26.4 Å². The number of benzene rings is 2. The molecule has 1 aromatic heterocycles. The molecule has 4 rings (SSSR count). The lowest BCUT2D eigenvalue weighted by atomic mass is 9.94. The van der Waals surface area contributed by atoms with Gasteiger partial charge in [0.1, 0.15) is 0 Å². The summed E-state index contributed by atoms with van der Waals surface area (Å²) in [6.07, 6.45) is -3.35. The molecule has 3 aromatic rings.